The van der Waals surface area contributed by atoms with E-state index in [-0.39, 0.29) is 0 Å². The van der Waals surface area contributed by atoms with E-state index in [9.17, 15) is 0 Å². The molecule has 0 bridgehead atoms. The van der Waals surface area contributed by atoms with Crippen LogP contribution in [-0.4, -0.2) is 19.6 Å². The topological polar surface area (TPSA) is 59.6 Å². The van der Waals surface area contributed by atoms with Crippen molar-refractivity contribution < 1.29 is 4.74 Å². The van der Waals surface area contributed by atoms with E-state index < -0.39 is 0 Å². The van der Waals surface area contributed by atoms with E-state index >= 15 is 0 Å². The molecule has 0 aromatic heterocycles. The monoisotopic (exact) mass is 261 g/mol. The smallest absolute Gasteiger partial charge is 0.188 e. The number of nitrogens with two attached hydrogens (primary N) is 1. The highest BCUT2D eigenvalue weighted by atomic mass is 16.5. The number of hydrogen-bond donors (Lipinski definition) is 2. The minimum Gasteiger partial charge on any atom is -0.380 e. The highest BCUT2D eigenvalue weighted by Gasteiger charge is 2.16. The zero-order valence-corrected chi connectivity index (χ0v) is 11.6. The summed E-state index contributed by atoms with van der Waals surface area (Å²) in [5.74, 6) is 1.33. The predicted molar refractivity (Wildman–Crippen MR) is 77.8 cm³/mol. The number of guanidine groups is 1. The molecule has 4 nitrogen and oxygen atoms in total. The van der Waals surface area contributed by atoms with Crippen LogP contribution in [0.15, 0.2) is 29.3 Å². The average molecular weight is 261 g/mol. The lowest BCUT2D eigenvalue weighted by molar-refractivity contribution is 0.184. The van der Waals surface area contributed by atoms with Crippen molar-refractivity contribution in [2.24, 2.45) is 16.6 Å². The first-order valence-corrected chi connectivity index (χ1v) is 6.89. The Morgan fingerprint density at radius 1 is 1.37 bits per heavy atom. The quantitative estimate of drug-likeness (QED) is 0.608. The van der Waals surface area contributed by atoms with Gasteiger partial charge in [0.05, 0.1) is 13.2 Å². The Labute approximate surface area is 115 Å². The molecule has 0 spiro atoms. The molecule has 1 aromatic carbocycles. The third-order valence-electron chi connectivity index (χ3n) is 3.63. The molecule has 1 aliphatic rings. The molecule has 2 rings (SSSR count). The number of aliphatic imine (C=N–C) groups is 1. The lowest BCUT2D eigenvalue weighted by Crippen LogP contribution is -2.37. The summed E-state index contributed by atoms with van der Waals surface area (Å²) in [5.41, 5.74) is 8.21. The van der Waals surface area contributed by atoms with Gasteiger partial charge in [0.2, 0.25) is 0 Å². The molecule has 0 radical (unpaired) electrons. The fourth-order valence-electron chi connectivity index (χ4n) is 2.18. The summed E-state index contributed by atoms with van der Waals surface area (Å²) in [6.45, 7) is 2.17. The van der Waals surface area contributed by atoms with Crippen molar-refractivity contribution >= 4 is 5.96 Å². The van der Waals surface area contributed by atoms with Gasteiger partial charge in [-0.25, -0.2) is 4.99 Å². The maximum atomic E-state index is 5.88. The molecule has 1 fully saturated rings. The fourth-order valence-corrected chi connectivity index (χ4v) is 2.18. The molecule has 0 heterocycles. The minimum atomic E-state index is 0.541. The van der Waals surface area contributed by atoms with E-state index in [2.05, 4.69) is 22.4 Å². The Bertz CT molecular complexity index is 427. The largest absolute Gasteiger partial charge is 0.380 e. The maximum absolute atomic E-state index is 5.88. The van der Waals surface area contributed by atoms with Crippen molar-refractivity contribution in [1.82, 2.24) is 5.32 Å². The molecule has 19 heavy (non-hydrogen) atoms. The van der Waals surface area contributed by atoms with Crippen molar-refractivity contribution in [2.75, 3.05) is 13.7 Å². The summed E-state index contributed by atoms with van der Waals surface area (Å²) in [5, 5.41) is 3.20. The van der Waals surface area contributed by atoms with Gasteiger partial charge in [0.25, 0.3) is 0 Å². The van der Waals surface area contributed by atoms with Gasteiger partial charge in [-0.3, -0.25) is 0 Å². The van der Waals surface area contributed by atoms with Gasteiger partial charge in [-0.2, -0.15) is 0 Å². The van der Waals surface area contributed by atoms with Crippen LogP contribution in [0.3, 0.4) is 0 Å². The molecule has 1 aromatic rings. The van der Waals surface area contributed by atoms with Crippen LogP contribution in [0.25, 0.3) is 0 Å². The van der Waals surface area contributed by atoms with Gasteiger partial charge in [-0.1, -0.05) is 30.7 Å². The van der Waals surface area contributed by atoms with Gasteiger partial charge in [0.1, 0.15) is 0 Å². The molecule has 0 saturated heterocycles. The van der Waals surface area contributed by atoms with Crippen LogP contribution in [0.1, 0.15) is 30.4 Å². The van der Waals surface area contributed by atoms with Gasteiger partial charge < -0.3 is 15.8 Å². The number of benzene rings is 1. The molecule has 1 saturated carbocycles. The lowest BCUT2D eigenvalue weighted by atomic mass is 9.85. The van der Waals surface area contributed by atoms with Crippen LogP contribution < -0.4 is 11.1 Å². The van der Waals surface area contributed by atoms with Gasteiger partial charge in [0, 0.05) is 13.7 Å². The van der Waals surface area contributed by atoms with Crippen LogP contribution in [0.4, 0.5) is 0 Å². The minimum absolute atomic E-state index is 0.541. The van der Waals surface area contributed by atoms with Crippen molar-refractivity contribution in [2.45, 2.75) is 32.4 Å². The summed E-state index contributed by atoms with van der Waals surface area (Å²) in [4.78, 5) is 4.40. The van der Waals surface area contributed by atoms with Crippen LogP contribution in [-0.2, 0) is 17.9 Å². The normalized spacial score (nSPS) is 16.2. The van der Waals surface area contributed by atoms with E-state index in [1.807, 2.05) is 12.1 Å². The highest BCUT2D eigenvalue weighted by molar-refractivity contribution is 5.77. The van der Waals surface area contributed by atoms with E-state index in [0.717, 1.165) is 18.0 Å². The second kappa shape index (κ2) is 7.14. The fraction of sp³-hybridized carbons (Fsp3) is 0.533. The zero-order valence-electron chi connectivity index (χ0n) is 11.6. The molecule has 4 heteroatoms. The maximum Gasteiger partial charge on any atom is 0.188 e. The molecule has 0 unspecified atom stereocenters. The summed E-state index contributed by atoms with van der Waals surface area (Å²) in [6.07, 6.45) is 3.99. The van der Waals surface area contributed by atoms with Crippen molar-refractivity contribution in [3.8, 4) is 0 Å². The molecule has 0 amide bonds. The molecule has 1 aliphatic carbocycles. The van der Waals surface area contributed by atoms with Gasteiger partial charge in [-0.15, -0.1) is 0 Å². The summed E-state index contributed by atoms with van der Waals surface area (Å²) in [6, 6.07) is 8.16. The van der Waals surface area contributed by atoms with Crippen molar-refractivity contribution in [3.63, 3.8) is 0 Å². The number of methoxy groups -OCH3 is 1. The van der Waals surface area contributed by atoms with Crippen molar-refractivity contribution in [3.05, 3.63) is 35.4 Å². The summed E-state index contributed by atoms with van der Waals surface area (Å²) >= 11 is 0. The average Bonchev–Trinajstić information content (AvgIpc) is 2.36. The predicted octanol–water partition coefficient (Wildman–Crippen LogP) is 2.04. The van der Waals surface area contributed by atoms with Crippen LogP contribution >= 0.6 is 0 Å². The molecule has 104 valence electrons. The number of nitrogens with one attached hydrogen (secondary N) is 1. The first kappa shape index (κ1) is 13.9. The van der Waals surface area contributed by atoms with Crippen LogP contribution in [0.5, 0.6) is 0 Å². The van der Waals surface area contributed by atoms with E-state index in [1.54, 1.807) is 7.11 Å². The number of nitrogens with zero attached hydrogens (tertiary/aromatic N) is 1. The summed E-state index contributed by atoms with van der Waals surface area (Å²) in [7, 11) is 1.70. The Morgan fingerprint density at radius 3 is 2.74 bits per heavy atom. The second-order valence-electron chi connectivity index (χ2n) is 5.08. The third-order valence-corrected chi connectivity index (χ3v) is 3.63. The Hall–Kier alpha value is -1.55. The van der Waals surface area contributed by atoms with Crippen molar-refractivity contribution in [1.29, 1.82) is 0 Å². The van der Waals surface area contributed by atoms with Crippen LogP contribution in [0.2, 0.25) is 0 Å². The second-order valence-corrected chi connectivity index (χ2v) is 5.08. The SMILES string of the molecule is COCc1ccccc1CN=C(N)NCC1CCC1. The first-order chi connectivity index (χ1) is 9.29. The zero-order chi connectivity index (χ0) is 13.5. The van der Waals surface area contributed by atoms with Crippen LogP contribution in [0, 0.1) is 5.92 Å². The standard InChI is InChI=1S/C15H23N3O/c1-19-11-14-8-3-2-7-13(14)10-18-15(16)17-9-12-5-4-6-12/h2-3,7-8,12H,4-6,9-11H2,1H3,(H3,16,17,18). The Kier molecular flexibility index (Phi) is 5.21. The van der Waals surface area contributed by atoms with E-state index in [1.165, 1.54) is 24.8 Å². The van der Waals surface area contributed by atoms with Gasteiger partial charge >= 0.3 is 0 Å². The van der Waals surface area contributed by atoms with E-state index in [0.29, 0.717) is 19.1 Å². The third kappa shape index (κ3) is 4.24. The molecular weight excluding hydrogens is 238 g/mol. The van der Waals surface area contributed by atoms with Gasteiger partial charge in [-0.05, 0) is 29.9 Å². The molecule has 3 N–H and O–H groups in total. The number of ether oxygens (including phenoxy) is 1. The lowest BCUT2D eigenvalue weighted by Gasteiger charge is -2.25. The first-order valence-electron chi connectivity index (χ1n) is 6.89. The van der Waals surface area contributed by atoms with Gasteiger partial charge in [0.15, 0.2) is 5.96 Å². The molecule has 0 atom stereocenters. The van der Waals surface area contributed by atoms with E-state index in [4.69, 9.17) is 10.5 Å². The molecular formula is C15H23N3O. The number of hydrogen-bond acceptors (Lipinski definition) is 2. The number of rotatable bonds is 6. The summed E-state index contributed by atoms with van der Waals surface area (Å²) < 4.78 is 5.18. The Morgan fingerprint density at radius 2 is 2.11 bits per heavy atom. The Balaban J connectivity index is 1.85. The molecule has 0 aliphatic heterocycles. The highest BCUT2D eigenvalue weighted by Crippen LogP contribution is 2.24.